The summed E-state index contributed by atoms with van der Waals surface area (Å²) in [6.45, 7) is 0.541. The summed E-state index contributed by atoms with van der Waals surface area (Å²) in [5.41, 5.74) is 2.75. The average Bonchev–Trinajstić information content (AvgIpc) is 3.19. The van der Waals surface area contributed by atoms with Crippen molar-refractivity contribution < 1.29 is 14.3 Å². The molecule has 3 atom stereocenters. The smallest absolute Gasteiger partial charge is 0.338 e. The molecule has 1 fully saturated rings. The van der Waals surface area contributed by atoms with Crippen LogP contribution < -0.4 is 0 Å². The molecule has 0 aliphatic heterocycles. The molecule has 0 N–H and O–H groups in total. The highest BCUT2D eigenvalue weighted by molar-refractivity contribution is 5.89. The molecule has 2 unspecified atom stereocenters. The van der Waals surface area contributed by atoms with Gasteiger partial charge >= 0.3 is 5.97 Å². The minimum absolute atomic E-state index is 0.0343. The zero-order valence-electron chi connectivity index (χ0n) is 16.6. The van der Waals surface area contributed by atoms with Crippen LogP contribution in [0, 0.1) is 0 Å². The summed E-state index contributed by atoms with van der Waals surface area (Å²) >= 11 is 0. The van der Waals surface area contributed by atoms with Gasteiger partial charge in [-0.25, -0.2) is 4.79 Å². The maximum absolute atomic E-state index is 12.7. The molecule has 0 radical (unpaired) electrons. The number of hydrogen-bond donors (Lipinski definition) is 0. The van der Waals surface area contributed by atoms with Crippen molar-refractivity contribution in [2.75, 3.05) is 0 Å². The highest BCUT2D eigenvalue weighted by Crippen LogP contribution is 2.37. The van der Waals surface area contributed by atoms with Crippen LogP contribution >= 0.6 is 0 Å². The predicted octanol–water partition coefficient (Wildman–Crippen LogP) is 4.50. The topological polar surface area (TPSA) is 53.4 Å². The summed E-state index contributed by atoms with van der Waals surface area (Å²) in [6.07, 6.45) is 4.22. The summed E-state index contributed by atoms with van der Waals surface area (Å²) in [5, 5.41) is 4.34. The van der Waals surface area contributed by atoms with Crippen molar-refractivity contribution in [3.8, 4) is 0 Å². The van der Waals surface area contributed by atoms with E-state index in [1.54, 1.807) is 18.3 Å². The standard InChI is InChI=1S/C24H26N2O3/c1-26-20(15-16-25-26)23-21(28-17-18-9-4-2-5-10-18)13-8-14-22(23)29-24(27)19-11-6-3-7-12-19/h2-7,9-12,15-16,21-23H,8,13-14,17H2,1H3/t21-,22?,23?/m1/s1. The molecule has 5 nitrogen and oxygen atoms in total. The molecule has 1 saturated carbocycles. The maximum Gasteiger partial charge on any atom is 0.338 e. The fraction of sp³-hybridized carbons (Fsp3) is 0.333. The monoisotopic (exact) mass is 390 g/mol. The first-order valence-corrected chi connectivity index (χ1v) is 10.1. The van der Waals surface area contributed by atoms with Gasteiger partial charge < -0.3 is 9.47 Å². The van der Waals surface area contributed by atoms with Crippen LogP contribution in [0.5, 0.6) is 0 Å². The van der Waals surface area contributed by atoms with Crippen molar-refractivity contribution >= 4 is 5.97 Å². The van der Waals surface area contributed by atoms with Crippen LogP contribution in [0.3, 0.4) is 0 Å². The normalized spacial score (nSPS) is 21.6. The lowest BCUT2D eigenvalue weighted by Gasteiger charge is -2.37. The van der Waals surface area contributed by atoms with Crippen LogP contribution in [0.1, 0.15) is 46.8 Å². The Morgan fingerprint density at radius 3 is 2.38 bits per heavy atom. The second-order valence-electron chi connectivity index (χ2n) is 7.48. The maximum atomic E-state index is 12.7. The fourth-order valence-electron chi connectivity index (χ4n) is 4.09. The Bertz CT molecular complexity index is 924. The molecule has 2 aromatic carbocycles. The van der Waals surface area contributed by atoms with Crippen LogP contribution in [0.4, 0.5) is 0 Å². The minimum atomic E-state index is -0.286. The molecule has 0 spiro atoms. The quantitative estimate of drug-likeness (QED) is 0.582. The third-order valence-electron chi connectivity index (χ3n) is 5.55. The summed E-state index contributed by atoms with van der Waals surface area (Å²) in [4.78, 5) is 12.7. The molecule has 3 aromatic rings. The van der Waals surface area contributed by atoms with Gasteiger partial charge in [0.05, 0.1) is 24.2 Å². The van der Waals surface area contributed by atoms with E-state index >= 15 is 0 Å². The van der Waals surface area contributed by atoms with E-state index in [2.05, 4.69) is 17.2 Å². The molecule has 1 aromatic heterocycles. The SMILES string of the molecule is Cn1nccc1C1C(OC(=O)c2ccccc2)CCC[C@H]1OCc1ccccc1. The molecule has 150 valence electrons. The second kappa shape index (κ2) is 9.05. The first-order chi connectivity index (χ1) is 14.2. The van der Waals surface area contributed by atoms with E-state index in [1.165, 1.54) is 0 Å². The van der Waals surface area contributed by atoms with Crippen LogP contribution in [-0.4, -0.2) is 28.0 Å². The Balaban J connectivity index is 1.54. The van der Waals surface area contributed by atoms with Crippen LogP contribution in [-0.2, 0) is 23.1 Å². The van der Waals surface area contributed by atoms with Crippen molar-refractivity contribution in [2.45, 2.75) is 44.0 Å². The van der Waals surface area contributed by atoms with Gasteiger partial charge in [-0.05, 0) is 43.0 Å². The van der Waals surface area contributed by atoms with E-state index in [9.17, 15) is 4.79 Å². The number of ether oxygens (including phenoxy) is 2. The zero-order chi connectivity index (χ0) is 20.1. The van der Waals surface area contributed by atoms with Gasteiger partial charge in [-0.15, -0.1) is 0 Å². The molecule has 29 heavy (non-hydrogen) atoms. The molecular formula is C24H26N2O3. The third kappa shape index (κ3) is 4.57. The average molecular weight is 390 g/mol. The van der Waals surface area contributed by atoms with Crippen molar-refractivity contribution in [1.82, 2.24) is 9.78 Å². The Morgan fingerprint density at radius 2 is 1.69 bits per heavy atom. The summed E-state index contributed by atoms with van der Waals surface area (Å²) < 4.78 is 14.2. The molecule has 0 saturated heterocycles. The summed E-state index contributed by atoms with van der Waals surface area (Å²) in [6, 6.07) is 21.3. The highest BCUT2D eigenvalue weighted by atomic mass is 16.5. The number of benzene rings is 2. The minimum Gasteiger partial charge on any atom is -0.458 e. The lowest BCUT2D eigenvalue weighted by Crippen LogP contribution is -2.39. The van der Waals surface area contributed by atoms with E-state index in [0.717, 1.165) is 30.5 Å². The highest BCUT2D eigenvalue weighted by Gasteiger charge is 2.39. The first-order valence-electron chi connectivity index (χ1n) is 10.1. The van der Waals surface area contributed by atoms with Gasteiger partial charge in [0.25, 0.3) is 0 Å². The number of aromatic nitrogens is 2. The van der Waals surface area contributed by atoms with Crippen molar-refractivity contribution in [1.29, 1.82) is 0 Å². The number of nitrogens with zero attached hydrogens (tertiary/aromatic N) is 2. The second-order valence-corrected chi connectivity index (χ2v) is 7.48. The fourth-order valence-corrected chi connectivity index (χ4v) is 4.09. The van der Waals surface area contributed by atoms with E-state index in [4.69, 9.17) is 9.47 Å². The number of carbonyl (C=O) groups excluding carboxylic acids is 1. The number of esters is 1. The Hall–Kier alpha value is -2.92. The van der Waals surface area contributed by atoms with Crippen LogP contribution in [0.25, 0.3) is 0 Å². The number of rotatable bonds is 6. The number of aryl methyl sites for hydroxylation is 1. The van der Waals surface area contributed by atoms with Gasteiger partial charge in [0.1, 0.15) is 6.10 Å². The molecule has 4 rings (SSSR count). The predicted molar refractivity (Wildman–Crippen MR) is 110 cm³/mol. The van der Waals surface area contributed by atoms with Gasteiger partial charge in [-0.2, -0.15) is 5.10 Å². The Morgan fingerprint density at radius 1 is 1.00 bits per heavy atom. The van der Waals surface area contributed by atoms with Crippen LogP contribution in [0.2, 0.25) is 0 Å². The molecule has 1 heterocycles. The van der Waals surface area contributed by atoms with Crippen LogP contribution in [0.15, 0.2) is 72.9 Å². The third-order valence-corrected chi connectivity index (χ3v) is 5.55. The lowest BCUT2D eigenvalue weighted by molar-refractivity contribution is -0.0551. The van der Waals surface area contributed by atoms with E-state index in [0.29, 0.717) is 12.2 Å². The Labute approximate surface area is 171 Å². The molecule has 0 amide bonds. The van der Waals surface area contributed by atoms with Gasteiger partial charge in [0.15, 0.2) is 0 Å². The molecular weight excluding hydrogens is 364 g/mol. The summed E-state index contributed by atoms with van der Waals surface area (Å²) in [5.74, 6) is -0.334. The van der Waals surface area contributed by atoms with Crippen molar-refractivity contribution in [3.63, 3.8) is 0 Å². The summed E-state index contributed by atoms with van der Waals surface area (Å²) in [7, 11) is 1.92. The van der Waals surface area contributed by atoms with Gasteiger partial charge in [-0.3, -0.25) is 4.68 Å². The lowest BCUT2D eigenvalue weighted by atomic mass is 9.81. The van der Waals surface area contributed by atoms with Crippen molar-refractivity contribution in [2.24, 2.45) is 7.05 Å². The van der Waals surface area contributed by atoms with E-state index in [-0.39, 0.29) is 24.1 Å². The molecule has 0 bridgehead atoms. The van der Waals surface area contributed by atoms with Crippen molar-refractivity contribution in [3.05, 3.63) is 89.7 Å². The van der Waals surface area contributed by atoms with Gasteiger partial charge in [0.2, 0.25) is 0 Å². The van der Waals surface area contributed by atoms with Gasteiger partial charge in [0, 0.05) is 18.9 Å². The van der Waals surface area contributed by atoms with E-state index < -0.39 is 0 Å². The molecule has 1 aliphatic carbocycles. The zero-order valence-corrected chi connectivity index (χ0v) is 16.6. The van der Waals surface area contributed by atoms with E-state index in [1.807, 2.05) is 54.2 Å². The molecule has 1 aliphatic rings. The number of hydrogen-bond acceptors (Lipinski definition) is 4. The first kappa shape index (κ1) is 19.4. The molecule has 5 heteroatoms. The Kier molecular flexibility index (Phi) is 6.06. The van der Waals surface area contributed by atoms with Gasteiger partial charge in [-0.1, -0.05) is 48.5 Å². The largest absolute Gasteiger partial charge is 0.458 e. The number of carbonyl (C=O) groups is 1.